The minimum atomic E-state index is -3.81. The number of hydrogen-bond donors (Lipinski definition) is 1. The van der Waals surface area contributed by atoms with Crippen molar-refractivity contribution in [2.24, 2.45) is 0 Å². The first-order valence-corrected chi connectivity index (χ1v) is 10.9. The van der Waals surface area contributed by atoms with Gasteiger partial charge in [0.1, 0.15) is 12.4 Å². The molecule has 154 valence electrons. The fourth-order valence-corrected chi connectivity index (χ4v) is 4.99. The van der Waals surface area contributed by atoms with Crippen LogP contribution < -0.4 is 19.5 Å². The van der Waals surface area contributed by atoms with Gasteiger partial charge in [0.05, 0.1) is 24.6 Å². The molecular weight excluding hydrogens is 392 g/mol. The number of nitrogens with one attached hydrogen (secondary N) is 1. The van der Waals surface area contributed by atoms with Crippen LogP contribution >= 0.6 is 0 Å². The first-order chi connectivity index (χ1) is 14.0. The molecule has 3 aromatic rings. The zero-order valence-electron chi connectivity index (χ0n) is 16.4. The van der Waals surface area contributed by atoms with Gasteiger partial charge in [0.2, 0.25) is 0 Å². The molecule has 0 radical (unpaired) electrons. The van der Waals surface area contributed by atoms with Gasteiger partial charge in [-0.05, 0) is 49.7 Å². The van der Waals surface area contributed by atoms with E-state index in [9.17, 15) is 8.42 Å². The van der Waals surface area contributed by atoms with Gasteiger partial charge in [-0.25, -0.2) is 12.4 Å². The largest absolute Gasteiger partial charge is 0.493 e. The topological polar surface area (TPSA) is 78.8 Å². The van der Waals surface area contributed by atoms with E-state index in [1.54, 1.807) is 30.5 Å². The Morgan fingerprint density at radius 2 is 1.90 bits per heavy atom. The summed E-state index contributed by atoms with van der Waals surface area (Å²) in [5, 5.41) is 4.16. The van der Waals surface area contributed by atoms with Gasteiger partial charge in [0.15, 0.2) is 11.5 Å². The lowest BCUT2D eigenvalue weighted by atomic mass is 10.2. The molecule has 0 bridgehead atoms. The Labute approximate surface area is 170 Å². The molecule has 0 saturated carbocycles. The summed E-state index contributed by atoms with van der Waals surface area (Å²) in [5.74, 6) is 1.51. The van der Waals surface area contributed by atoms with Gasteiger partial charge in [-0.1, -0.05) is 6.07 Å². The van der Waals surface area contributed by atoms with E-state index in [-0.39, 0.29) is 4.90 Å². The molecule has 7 nitrogen and oxygen atoms in total. The average molecular weight is 416 g/mol. The van der Waals surface area contributed by atoms with E-state index in [4.69, 9.17) is 14.2 Å². The smallest absolute Gasteiger partial charge is 0.268 e. The van der Waals surface area contributed by atoms with Gasteiger partial charge in [0.25, 0.3) is 10.0 Å². The second-order valence-corrected chi connectivity index (χ2v) is 8.74. The fraction of sp³-hybridized carbons (Fsp3) is 0.333. The molecule has 2 heterocycles. The lowest BCUT2D eigenvalue weighted by molar-refractivity contribution is 0.280. The van der Waals surface area contributed by atoms with Gasteiger partial charge < -0.3 is 19.5 Å². The zero-order valence-corrected chi connectivity index (χ0v) is 17.2. The van der Waals surface area contributed by atoms with E-state index in [0.717, 1.165) is 24.8 Å². The molecule has 1 fully saturated rings. The summed E-state index contributed by atoms with van der Waals surface area (Å²) in [6, 6.07) is 12.1. The van der Waals surface area contributed by atoms with Crippen molar-refractivity contribution in [1.29, 1.82) is 0 Å². The van der Waals surface area contributed by atoms with E-state index >= 15 is 0 Å². The maximum atomic E-state index is 13.3. The summed E-state index contributed by atoms with van der Waals surface area (Å²) in [7, 11) is -0.832. The highest BCUT2D eigenvalue weighted by Gasteiger charge is 2.22. The van der Waals surface area contributed by atoms with Crippen molar-refractivity contribution in [3.05, 3.63) is 48.7 Å². The quantitative estimate of drug-likeness (QED) is 0.638. The van der Waals surface area contributed by atoms with Gasteiger partial charge in [-0.3, -0.25) is 0 Å². The Morgan fingerprint density at radius 3 is 2.62 bits per heavy atom. The third-order valence-electron chi connectivity index (χ3n) is 5.17. The summed E-state index contributed by atoms with van der Waals surface area (Å²) < 4.78 is 44.3. The van der Waals surface area contributed by atoms with E-state index in [2.05, 4.69) is 5.32 Å². The lowest BCUT2D eigenvalue weighted by Crippen LogP contribution is -2.28. The van der Waals surface area contributed by atoms with Crippen LogP contribution in [0.4, 0.5) is 0 Å². The highest BCUT2D eigenvalue weighted by Crippen LogP contribution is 2.33. The molecule has 1 aromatic heterocycles. The SMILES string of the molecule is COc1ccc(S(=O)(=O)n2ccc3c(OCC4CCCN4)cccc32)cc1OC. The number of hydrogen-bond acceptors (Lipinski definition) is 6. The van der Waals surface area contributed by atoms with E-state index < -0.39 is 10.0 Å². The molecule has 1 aliphatic rings. The summed E-state index contributed by atoms with van der Waals surface area (Å²) in [4.78, 5) is 0.120. The van der Waals surface area contributed by atoms with Crippen LogP contribution in [0.15, 0.2) is 53.6 Å². The number of aromatic nitrogens is 1. The first-order valence-electron chi connectivity index (χ1n) is 9.48. The Hall–Kier alpha value is -2.71. The molecule has 1 saturated heterocycles. The zero-order chi connectivity index (χ0) is 20.4. The molecule has 8 heteroatoms. The molecule has 29 heavy (non-hydrogen) atoms. The highest BCUT2D eigenvalue weighted by molar-refractivity contribution is 7.90. The Morgan fingerprint density at radius 1 is 1.07 bits per heavy atom. The van der Waals surface area contributed by atoms with Crippen molar-refractivity contribution in [2.75, 3.05) is 27.4 Å². The van der Waals surface area contributed by atoms with Gasteiger partial charge in [0, 0.05) is 23.7 Å². The van der Waals surface area contributed by atoms with E-state index in [1.165, 1.54) is 30.3 Å². The molecule has 1 N–H and O–H groups in total. The maximum Gasteiger partial charge on any atom is 0.268 e. The number of fused-ring (bicyclic) bond motifs is 1. The lowest BCUT2D eigenvalue weighted by Gasteiger charge is -2.14. The summed E-state index contributed by atoms with van der Waals surface area (Å²) >= 11 is 0. The number of benzene rings is 2. The predicted molar refractivity (Wildman–Crippen MR) is 111 cm³/mol. The molecule has 1 aliphatic heterocycles. The summed E-state index contributed by atoms with van der Waals surface area (Å²) in [6.07, 6.45) is 3.79. The number of nitrogens with zero attached hydrogens (tertiary/aromatic N) is 1. The molecule has 0 aliphatic carbocycles. The molecule has 4 rings (SSSR count). The monoisotopic (exact) mass is 416 g/mol. The van der Waals surface area contributed by atoms with Crippen molar-refractivity contribution in [2.45, 2.75) is 23.8 Å². The highest BCUT2D eigenvalue weighted by atomic mass is 32.2. The number of methoxy groups -OCH3 is 2. The van der Waals surface area contributed by atoms with Crippen LogP contribution in [0.2, 0.25) is 0 Å². The van der Waals surface area contributed by atoms with Gasteiger partial charge in [-0.15, -0.1) is 0 Å². The van der Waals surface area contributed by atoms with Crippen molar-refractivity contribution < 1.29 is 22.6 Å². The van der Waals surface area contributed by atoms with E-state index in [1.807, 2.05) is 6.07 Å². The van der Waals surface area contributed by atoms with Crippen LogP contribution in [0, 0.1) is 0 Å². The third-order valence-corrected chi connectivity index (χ3v) is 6.86. The predicted octanol–water partition coefficient (Wildman–Crippen LogP) is 3.03. The molecule has 0 spiro atoms. The fourth-order valence-electron chi connectivity index (χ4n) is 3.63. The normalized spacial score (nSPS) is 16.8. The Kier molecular flexibility index (Phi) is 5.38. The van der Waals surface area contributed by atoms with Crippen LogP contribution in [0.25, 0.3) is 10.9 Å². The van der Waals surface area contributed by atoms with Gasteiger partial charge in [-0.2, -0.15) is 0 Å². The second-order valence-electron chi connectivity index (χ2n) is 6.93. The van der Waals surface area contributed by atoms with Crippen molar-refractivity contribution in [1.82, 2.24) is 9.29 Å². The second kappa shape index (κ2) is 7.96. The number of ether oxygens (including phenoxy) is 3. The summed E-state index contributed by atoms with van der Waals surface area (Å²) in [5.41, 5.74) is 0.566. The van der Waals surface area contributed by atoms with Crippen LogP contribution in [0.5, 0.6) is 17.2 Å². The van der Waals surface area contributed by atoms with Crippen LogP contribution in [0.3, 0.4) is 0 Å². The molecule has 1 unspecified atom stereocenters. The average Bonchev–Trinajstić information content (AvgIpc) is 3.41. The van der Waals surface area contributed by atoms with E-state index in [0.29, 0.717) is 35.4 Å². The van der Waals surface area contributed by atoms with Crippen molar-refractivity contribution in [3.63, 3.8) is 0 Å². The van der Waals surface area contributed by atoms with Crippen LogP contribution in [0.1, 0.15) is 12.8 Å². The van der Waals surface area contributed by atoms with Crippen molar-refractivity contribution in [3.8, 4) is 17.2 Å². The molecule has 1 atom stereocenters. The standard InChI is InChI=1S/C21H24N2O5S/c1-26-20-9-8-16(13-21(20)27-2)29(24,25)23-12-10-17-18(23)6-3-7-19(17)28-14-15-5-4-11-22-15/h3,6-10,12-13,15,22H,4-5,11,14H2,1-2H3. The maximum absolute atomic E-state index is 13.3. The van der Waals surface area contributed by atoms with Crippen LogP contribution in [-0.4, -0.2) is 45.8 Å². The Bertz CT molecular complexity index is 1120. The van der Waals surface area contributed by atoms with Crippen molar-refractivity contribution >= 4 is 20.9 Å². The van der Waals surface area contributed by atoms with Crippen LogP contribution in [-0.2, 0) is 10.0 Å². The number of rotatable bonds is 7. The first kappa shape index (κ1) is 19.6. The minimum absolute atomic E-state index is 0.120. The molecule has 0 amide bonds. The molecular formula is C21H24N2O5S. The summed E-state index contributed by atoms with van der Waals surface area (Å²) in [6.45, 7) is 1.57. The Balaban J connectivity index is 1.69. The third kappa shape index (κ3) is 3.65. The minimum Gasteiger partial charge on any atom is -0.493 e. The van der Waals surface area contributed by atoms with Gasteiger partial charge >= 0.3 is 0 Å². The molecule has 2 aromatic carbocycles.